The van der Waals surface area contributed by atoms with Crippen LogP contribution in [0.4, 0.5) is 20.2 Å². The average molecular weight is 376 g/mol. The molecule has 2 aromatic carbocycles. The molecule has 0 unspecified atom stereocenters. The van der Waals surface area contributed by atoms with Crippen LogP contribution in [0, 0.1) is 0 Å². The Morgan fingerprint density at radius 1 is 1.08 bits per heavy atom. The number of hydrogen-bond acceptors (Lipinski definition) is 3. The van der Waals surface area contributed by atoms with Crippen molar-refractivity contribution in [3.63, 3.8) is 0 Å². The van der Waals surface area contributed by atoms with E-state index in [0.29, 0.717) is 40.9 Å². The zero-order valence-corrected chi connectivity index (χ0v) is 14.8. The van der Waals surface area contributed by atoms with E-state index in [2.05, 4.69) is 5.32 Å². The third-order valence-electron chi connectivity index (χ3n) is 4.12. The van der Waals surface area contributed by atoms with Crippen molar-refractivity contribution in [2.75, 3.05) is 16.8 Å². The zero-order chi connectivity index (χ0) is 18.5. The van der Waals surface area contributed by atoms with Gasteiger partial charge in [-0.15, -0.1) is 0 Å². The summed E-state index contributed by atoms with van der Waals surface area (Å²) in [5.41, 5.74) is 1.51. The number of anilines is 2. The molecule has 1 saturated heterocycles. The molecule has 1 aliphatic heterocycles. The molecule has 7 heteroatoms. The van der Waals surface area contributed by atoms with Crippen molar-refractivity contribution in [2.24, 2.45) is 0 Å². The molecule has 1 aliphatic rings. The minimum Gasteiger partial charge on any atom is -0.321 e. The van der Waals surface area contributed by atoms with Crippen LogP contribution in [0.25, 0.3) is 0 Å². The predicted octanol–water partition coefficient (Wildman–Crippen LogP) is 4.77. The summed E-state index contributed by atoms with van der Waals surface area (Å²) >= 11 is 0.391. The highest BCUT2D eigenvalue weighted by molar-refractivity contribution is 7.99. The maximum Gasteiger partial charge on any atom is 0.288 e. The van der Waals surface area contributed by atoms with Crippen molar-refractivity contribution in [1.29, 1.82) is 0 Å². The monoisotopic (exact) mass is 376 g/mol. The van der Waals surface area contributed by atoms with Crippen LogP contribution in [-0.2, 0) is 4.79 Å². The summed E-state index contributed by atoms with van der Waals surface area (Å²) in [4.78, 5) is 26.4. The van der Waals surface area contributed by atoms with Crippen molar-refractivity contribution in [3.05, 3.63) is 54.1 Å². The molecule has 26 heavy (non-hydrogen) atoms. The van der Waals surface area contributed by atoms with Crippen LogP contribution in [0.3, 0.4) is 0 Å². The Bertz CT molecular complexity index is 796. The summed E-state index contributed by atoms with van der Waals surface area (Å²) < 4.78 is 25.3. The smallest absolute Gasteiger partial charge is 0.288 e. The van der Waals surface area contributed by atoms with Crippen molar-refractivity contribution in [1.82, 2.24) is 0 Å². The molecule has 136 valence electrons. The number of alkyl halides is 2. The van der Waals surface area contributed by atoms with Crippen molar-refractivity contribution in [2.45, 2.75) is 29.9 Å². The molecule has 4 nitrogen and oxygen atoms in total. The second-order valence-electron chi connectivity index (χ2n) is 5.88. The van der Waals surface area contributed by atoms with Gasteiger partial charge in [-0.05, 0) is 49.2 Å². The fraction of sp³-hybridized carbons (Fsp3) is 0.263. The molecule has 0 spiro atoms. The molecule has 0 aromatic heterocycles. The summed E-state index contributed by atoms with van der Waals surface area (Å²) in [7, 11) is 0. The number of halogens is 2. The van der Waals surface area contributed by atoms with Gasteiger partial charge in [0.1, 0.15) is 0 Å². The van der Waals surface area contributed by atoms with E-state index in [1.54, 1.807) is 47.4 Å². The largest absolute Gasteiger partial charge is 0.321 e. The average Bonchev–Trinajstić information content (AvgIpc) is 2.63. The van der Waals surface area contributed by atoms with Gasteiger partial charge in [0.2, 0.25) is 5.91 Å². The lowest BCUT2D eigenvalue weighted by Gasteiger charge is -2.26. The summed E-state index contributed by atoms with van der Waals surface area (Å²) in [6.45, 7) is 0.683. The van der Waals surface area contributed by atoms with Gasteiger partial charge in [0.05, 0.1) is 5.69 Å². The predicted molar refractivity (Wildman–Crippen MR) is 98.9 cm³/mol. The second kappa shape index (κ2) is 8.31. The molecule has 2 aromatic rings. The highest BCUT2D eigenvalue weighted by Crippen LogP contribution is 2.32. The molecule has 2 amide bonds. The molecule has 1 N–H and O–H groups in total. The number of nitrogens with zero attached hydrogens (tertiary/aromatic N) is 1. The van der Waals surface area contributed by atoms with E-state index in [1.165, 1.54) is 6.07 Å². The van der Waals surface area contributed by atoms with Gasteiger partial charge in [-0.2, -0.15) is 8.78 Å². The normalized spacial score (nSPS) is 14.6. The Labute approximate surface area is 154 Å². The molecule has 0 bridgehead atoms. The Morgan fingerprint density at radius 3 is 2.50 bits per heavy atom. The SMILES string of the molecule is O=C(Nc1ccccc1SC(F)F)c1ccc(N2CCCCC2=O)cc1. The molecule has 0 aliphatic carbocycles. The minimum absolute atomic E-state index is 0.0893. The van der Waals surface area contributed by atoms with Gasteiger partial charge in [-0.1, -0.05) is 23.9 Å². The van der Waals surface area contributed by atoms with E-state index < -0.39 is 5.76 Å². The van der Waals surface area contributed by atoms with Crippen LogP contribution < -0.4 is 10.2 Å². The molecule has 0 radical (unpaired) electrons. The summed E-state index contributed by atoms with van der Waals surface area (Å²) in [5.74, 6) is -2.86. The Kier molecular flexibility index (Phi) is 5.88. The quantitative estimate of drug-likeness (QED) is 0.765. The number of piperidine rings is 1. The molecule has 3 rings (SSSR count). The minimum atomic E-state index is -2.56. The first-order valence-electron chi connectivity index (χ1n) is 8.30. The molecule has 0 atom stereocenters. The Morgan fingerprint density at radius 2 is 1.81 bits per heavy atom. The summed E-state index contributed by atoms with van der Waals surface area (Å²) in [6.07, 6.45) is 2.42. The summed E-state index contributed by atoms with van der Waals surface area (Å²) in [5, 5.41) is 2.67. The second-order valence-corrected chi connectivity index (χ2v) is 6.91. The third kappa shape index (κ3) is 4.40. The van der Waals surface area contributed by atoms with E-state index in [9.17, 15) is 18.4 Å². The number of amides is 2. The highest BCUT2D eigenvalue weighted by Gasteiger charge is 2.20. The standard InChI is InChI=1S/C19H18F2N2O2S/c20-19(21)26-16-6-2-1-5-15(16)22-18(25)13-8-10-14(11-9-13)23-12-4-3-7-17(23)24/h1-2,5-6,8-11,19H,3-4,7,12H2,(H,22,25). The lowest BCUT2D eigenvalue weighted by Crippen LogP contribution is -2.35. The van der Waals surface area contributed by atoms with Gasteiger partial charge in [0.15, 0.2) is 0 Å². The topological polar surface area (TPSA) is 49.4 Å². The number of carbonyl (C=O) groups is 2. The lowest BCUT2D eigenvalue weighted by atomic mass is 10.1. The maximum absolute atomic E-state index is 12.6. The van der Waals surface area contributed by atoms with Gasteiger partial charge in [-0.25, -0.2) is 0 Å². The van der Waals surface area contributed by atoms with Crippen molar-refractivity contribution >= 4 is 35.0 Å². The number of para-hydroxylation sites is 1. The van der Waals surface area contributed by atoms with Gasteiger partial charge in [0, 0.05) is 29.1 Å². The van der Waals surface area contributed by atoms with E-state index in [0.717, 1.165) is 18.5 Å². The van der Waals surface area contributed by atoms with E-state index >= 15 is 0 Å². The Hall–Kier alpha value is -2.41. The van der Waals surface area contributed by atoms with Crippen molar-refractivity contribution < 1.29 is 18.4 Å². The number of nitrogens with one attached hydrogen (secondary N) is 1. The van der Waals surface area contributed by atoms with E-state index in [4.69, 9.17) is 0 Å². The molecular weight excluding hydrogens is 358 g/mol. The maximum atomic E-state index is 12.6. The van der Waals surface area contributed by atoms with Crippen molar-refractivity contribution in [3.8, 4) is 0 Å². The first-order chi connectivity index (χ1) is 12.5. The first-order valence-corrected chi connectivity index (χ1v) is 9.18. The third-order valence-corrected chi connectivity index (χ3v) is 4.90. The van der Waals surface area contributed by atoms with Gasteiger partial charge in [0.25, 0.3) is 11.7 Å². The van der Waals surface area contributed by atoms with Crippen LogP contribution in [0.5, 0.6) is 0 Å². The van der Waals surface area contributed by atoms with Gasteiger partial charge < -0.3 is 10.2 Å². The number of rotatable bonds is 5. The zero-order valence-electron chi connectivity index (χ0n) is 14.0. The lowest BCUT2D eigenvalue weighted by molar-refractivity contribution is -0.119. The molecule has 1 fully saturated rings. The van der Waals surface area contributed by atoms with E-state index in [1.807, 2.05) is 0 Å². The fourth-order valence-electron chi connectivity index (χ4n) is 2.83. The van der Waals surface area contributed by atoms with Crippen LogP contribution in [0.1, 0.15) is 29.6 Å². The molecular formula is C19H18F2N2O2S. The highest BCUT2D eigenvalue weighted by atomic mass is 32.2. The fourth-order valence-corrected chi connectivity index (χ4v) is 3.43. The number of carbonyl (C=O) groups excluding carboxylic acids is 2. The molecule has 1 heterocycles. The summed E-state index contributed by atoms with van der Waals surface area (Å²) in [6, 6.07) is 13.2. The van der Waals surface area contributed by atoms with E-state index in [-0.39, 0.29) is 11.8 Å². The Balaban J connectivity index is 1.72. The van der Waals surface area contributed by atoms with Crippen LogP contribution in [0.2, 0.25) is 0 Å². The first kappa shape index (κ1) is 18.4. The number of hydrogen-bond donors (Lipinski definition) is 1. The molecule has 0 saturated carbocycles. The van der Waals surface area contributed by atoms with Crippen LogP contribution in [-0.4, -0.2) is 24.1 Å². The van der Waals surface area contributed by atoms with Gasteiger partial charge >= 0.3 is 0 Å². The van der Waals surface area contributed by atoms with Crippen LogP contribution in [0.15, 0.2) is 53.4 Å². The van der Waals surface area contributed by atoms with Gasteiger partial charge in [-0.3, -0.25) is 9.59 Å². The number of thioether (sulfide) groups is 1. The number of benzene rings is 2. The van der Waals surface area contributed by atoms with Crippen LogP contribution >= 0.6 is 11.8 Å².